The molecule has 3 heterocycles. The Morgan fingerprint density at radius 3 is 2.22 bits per heavy atom. The molecule has 0 aliphatic carbocycles. The molecule has 3 fully saturated rings. The highest BCUT2D eigenvalue weighted by Crippen LogP contribution is 2.31. The zero-order chi connectivity index (χ0) is 18.9. The molecule has 3 saturated heterocycles. The van der Waals surface area contributed by atoms with Crippen molar-refractivity contribution in [3.8, 4) is 0 Å². The van der Waals surface area contributed by atoms with Gasteiger partial charge in [0.2, 0.25) is 0 Å². The molecule has 148 valence electrons. The number of amides is 2. The van der Waals surface area contributed by atoms with E-state index in [0.29, 0.717) is 26.3 Å². The zero-order valence-electron chi connectivity index (χ0n) is 16.1. The van der Waals surface area contributed by atoms with E-state index in [0.717, 1.165) is 37.3 Å². The van der Waals surface area contributed by atoms with Crippen molar-refractivity contribution in [2.24, 2.45) is 0 Å². The van der Waals surface area contributed by atoms with Crippen molar-refractivity contribution in [2.75, 3.05) is 49.6 Å². The van der Waals surface area contributed by atoms with Crippen LogP contribution in [0, 0.1) is 0 Å². The summed E-state index contributed by atoms with van der Waals surface area (Å²) in [7, 11) is 0. The van der Waals surface area contributed by atoms with Gasteiger partial charge in [-0.1, -0.05) is 0 Å². The van der Waals surface area contributed by atoms with E-state index in [2.05, 4.69) is 36.2 Å². The molecule has 0 aromatic heterocycles. The van der Waals surface area contributed by atoms with Gasteiger partial charge in [-0.15, -0.1) is 0 Å². The second-order valence-electron chi connectivity index (χ2n) is 7.73. The average Bonchev–Trinajstić information content (AvgIpc) is 3.10. The summed E-state index contributed by atoms with van der Waals surface area (Å²) < 4.78 is 17.2. The number of hydrogen-bond donors (Lipinski definition) is 1. The monoisotopic (exact) mass is 375 g/mol. The van der Waals surface area contributed by atoms with Gasteiger partial charge in [0.15, 0.2) is 5.79 Å². The van der Waals surface area contributed by atoms with Crippen LogP contribution in [0.4, 0.5) is 16.2 Å². The molecular formula is C20H29N3O4. The molecule has 1 aromatic rings. The molecular weight excluding hydrogens is 346 g/mol. The molecule has 3 aliphatic rings. The second-order valence-corrected chi connectivity index (χ2v) is 7.73. The number of rotatable bonds is 2. The summed E-state index contributed by atoms with van der Waals surface area (Å²) in [6.07, 6.45) is 1.91. The molecule has 2 atom stereocenters. The van der Waals surface area contributed by atoms with E-state index in [4.69, 9.17) is 14.2 Å². The molecule has 27 heavy (non-hydrogen) atoms. The minimum atomic E-state index is -0.454. The number of nitrogens with one attached hydrogen (secondary N) is 1. The fourth-order valence-electron chi connectivity index (χ4n) is 4.18. The largest absolute Gasteiger partial charge is 0.372 e. The van der Waals surface area contributed by atoms with E-state index in [-0.39, 0.29) is 18.2 Å². The van der Waals surface area contributed by atoms with Crippen molar-refractivity contribution in [3.05, 3.63) is 24.3 Å². The molecule has 0 unspecified atom stereocenters. The molecule has 1 spiro atoms. The quantitative estimate of drug-likeness (QED) is 0.861. The topological polar surface area (TPSA) is 63.3 Å². The number of likely N-dealkylation sites (tertiary alicyclic amines) is 1. The van der Waals surface area contributed by atoms with Crippen molar-refractivity contribution in [2.45, 2.75) is 44.7 Å². The van der Waals surface area contributed by atoms with Crippen LogP contribution in [-0.2, 0) is 14.2 Å². The Kier molecular flexibility index (Phi) is 5.25. The van der Waals surface area contributed by atoms with Crippen molar-refractivity contribution in [3.63, 3.8) is 0 Å². The Morgan fingerprint density at radius 1 is 1.04 bits per heavy atom. The third-order valence-corrected chi connectivity index (χ3v) is 5.53. The maximum atomic E-state index is 12.5. The molecule has 0 bridgehead atoms. The van der Waals surface area contributed by atoms with Gasteiger partial charge in [-0.05, 0) is 38.1 Å². The average molecular weight is 375 g/mol. The first-order chi connectivity index (χ1) is 13.0. The van der Waals surface area contributed by atoms with Crippen LogP contribution in [0.1, 0.15) is 26.7 Å². The molecule has 2 amide bonds. The van der Waals surface area contributed by atoms with E-state index in [1.807, 2.05) is 17.0 Å². The summed E-state index contributed by atoms with van der Waals surface area (Å²) >= 11 is 0. The van der Waals surface area contributed by atoms with Gasteiger partial charge in [-0.25, -0.2) is 4.79 Å². The highest BCUT2D eigenvalue weighted by atomic mass is 16.7. The van der Waals surface area contributed by atoms with Crippen molar-refractivity contribution in [1.29, 1.82) is 0 Å². The molecule has 1 N–H and O–H groups in total. The standard InChI is InChI=1S/C20H29N3O4/c1-15-13-23(14-16(2)27-15)18-5-3-17(4-6-18)21-19(24)22-9-7-20(8-10-22)25-11-12-26-20/h3-6,15-16H,7-14H2,1-2H3,(H,21,24)/t15-,16-/m0/s1. The number of anilines is 2. The highest BCUT2D eigenvalue weighted by molar-refractivity contribution is 5.89. The lowest BCUT2D eigenvalue weighted by atomic mass is 10.0. The van der Waals surface area contributed by atoms with Crippen molar-refractivity contribution >= 4 is 17.4 Å². The fourth-order valence-corrected chi connectivity index (χ4v) is 4.18. The Bertz CT molecular complexity index is 640. The first-order valence-electron chi connectivity index (χ1n) is 9.87. The minimum absolute atomic E-state index is 0.0655. The van der Waals surface area contributed by atoms with Crippen molar-refractivity contribution in [1.82, 2.24) is 4.90 Å². The van der Waals surface area contributed by atoms with Gasteiger partial charge in [0.25, 0.3) is 0 Å². The molecule has 3 aliphatic heterocycles. The van der Waals surface area contributed by atoms with Crippen LogP contribution in [0.25, 0.3) is 0 Å². The van der Waals surface area contributed by atoms with Crippen LogP contribution in [0.15, 0.2) is 24.3 Å². The maximum Gasteiger partial charge on any atom is 0.321 e. The van der Waals surface area contributed by atoms with Gasteiger partial charge in [0.1, 0.15) is 0 Å². The summed E-state index contributed by atoms with van der Waals surface area (Å²) in [5.41, 5.74) is 1.97. The first-order valence-corrected chi connectivity index (χ1v) is 9.87. The van der Waals surface area contributed by atoms with Gasteiger partial charge in [0.05, 0.1) is 25.4 Å². The van der Waals surface area contributed by atoms with Crippen LogP contribution in [0.3, 0.4) is 0 Å². The summed E-state index contributed by atoms with van der Waals surface area (Å²) in [5, 5.41) is 3.00. The van der Waals surface area contributed by atoms with Crippen LogP contribution in [0.2, 0.25) is 0 Å². The molecule has 0 saturated carbocycles. The molecule has 0 radical (unpaired) electrons. The van der Waals surface area contributed by atoms with E-state index in [1.54, 1.807) is 0 Å². The lowest BCUT2D eigenvalue weighted by molar-refractivity contribution is -0.181. The summed E-state index contributed by atoms with van der Waals surface area (Å²) in [6, 6.07) is 7.99. The SMILES string of the molecule is C[C@H]1CN(c2ccc(NC(=O)N3CCC4(CC3)OCCO4)cc2)C[C@H](C)O1. The van der Waals surface area contributed by atoms with E-state index >= 15 is 0 Å². The molecule has 7 nitrogen and oxygen atoms in total. The van der Waals surface area contributed by atoms with E-state index < -0.39 is 5.79 Å². The number of carbonyl (C=O) groups excluding carboxylic acids is 1. The maximum absolute atomic E-state index is 12.5. The number of ether oxygens (including phenoxy) is 3. The van der Waals surface area contributed by atoms with Crippen LogP contribution in [-0.4, -0.2) is 68.3 Å². The normalized spacial score (nSPS) is 27.8. The van der Waals surface area contributed by atoms with Crippen molar-refractivity contribution < 1.29 is 19.0 Å². The van der Waals surface area contributed by atoms with Crippen LogP contribution < -0.4 is 10.2 Å². The lowest BCUT2D eigenvalue weighted by Crippen LogP contribution is -2.48. The van der Waals surface area contributed by atoms with Gasteiger partial charge in [-0.2, -0.15) is 0 Å². The third-order valence-electron chi connectivity index (χ3n) is 5.53. The molecule has 4 rings (SSSR count). The number of carbonyl (C=O) groups is 1. The summed E-state index contributed by atoms with van der Waals surface area (Å²) in [6.45, 7) is 8.56. The number of benzene rings is 1. The highest BCUT2D eigenvalue weighted by Gasteiger charge is 2.40. The lowest BCUT2D eigenvalue weighted by Gasteiger charge is -2.37. The zero-order valence-corrected chi connectivity index (χ0v) is 16.1. The third kappa shape index (κ3) is 4.20. The predicted molar refractivity (Wildman–Crippen MR) is 103 cm³/mol. The number of piperidine rings is 1. The van der Waals surface area contributed by atoms with Gasteiger partial charge in [-0.3, -0.25) is 0 Å². The minimum Gasteiger partial charge on any atom is -0.372 e. The predicted octanol–water partition coefficient (Wildman–Crippen LogP) is 2.67. The van der Waals surface area contributed by atoms with E-state index in [1.165, 1.54) is 0 Å². The fraction of sp³-hybridized carbons (Fsp3) is 0.650. The summed E-state index contributed by atoms with van der Waals surface area (Å²) in [5.74, 6) is -0.454. The smallest absolute Gasteiger partial charge is 0.321 e. The van der Waals surface area contributed by atoms with Gasteiger partial charge >= 0.3 is 6.03 Å². The van der Waals surface area contributed by atoms with Crippen LogP contribution >= 0.6 is 0 Å². The molecule has 1 aromatic carbocycles. The Morgan fingerprint density at radius 2 is 1.63 bits per heavy atom. The van der Waals surface area contributed by atoms with Crippen LogP contribution in [0.5, 0.6) is 0 Å². The Balaban J connectivity index is 1.31. The second kappa shape index (κ2) is 7.66. The number of nitrogens with zero attached hydrogens (tertiary/aromatic N) is 2. The number of hydrogen-bond acceptors (Lipinski definition) is 5. The Labute approximate surface area is 160 Å². The van der Waals surface area contributed by atoms with Gasteiger partial charge in [0, 0.05) is 50.4 Å². The summed E-state index contributed by atoms with van der Waals surface area (Å²) in [4.78, 5) is 16.7. The molecule has 7 heteroatoms. The number of morpholine rings is 1. The van der Waals surface area contributed by atoms with Gasteiger partial charge < -0.3 is 29.3 Å². The first kappa shape index (κ1) is 18.5. The number of urea groups is 1. The van der Waals surface area contributed by atoms with E-state index in [9.17, 15) is 4.79 Å². The Hall–Kier alpha value is -1.83.